The summed E-state index contributed by atoms with van der Waals surface area (Å²) in [6.07, 6.45) is 6.42. The zero-order chi connectivity index (χ0) is 9.10. The largest absolute Gasteiger partial charge is 0.361 e. The van der Waals surface area contributed by atoms with E-state index in [4.69, 9.17) is 4.52 Å². The first-order valence-corrected chi connectivity index (χ1v) is 5.06. The lowest BCUT2D eigenvalue weighted by Gasteiger charge is -2.07. The molecule has 1 saturated heterocycles. The lowest BCUT2D eigenvalue weighted by Crippen LogP contribution is -2.23. The van der Waals surface area contributed by atoms with E-state index >= 15 is 0 Å². The highest BCUT2D eigenvalue weighted by atomic mass is 16.5. The number of aryl methyl sites for hydroxylation is 1. The Morgan fingerprint density at radius 2 is 2.62 bits per heavy atom. The van der Waals surface area contributed by atoms with Gasteiger partial charge in [-0.05, 0) is 25.8 Å². The molecular weight excluding hydrogens is 164 g/mol. The second-order valence-corrected chi connectivity index (χ2v) is 3.63. The normalized spacial score (nSPS) is 22.4. The van der Waals surface area contributed by atoms with Crippen molar-refractivity contribution in [2.75, 3.05) is 6.54 Å². The van der Waals surface area contributed by atoms with Crippen molar-refractivity contribution < 1.29 is 4.52 Å². The number of hydrogen-bond acceptors (Lipinski definition) is 3. The van der Waals surface area contributed by atoms with Crippen molar-refractivity contribution in [3.63, 3.8) is 0 Å². The summed E-state index contributed by atoms with van der Waals surface area (Å²) in [5.41, 5.74) is 1.26. The Bertz CT molecular complexity index is 264. The highest BCUT2D eigenvalue weighted by molar-refractivity contribution is 5.14. The van der Waals surface area contributed by atoms with Gasteiger partial charge >= 0.3 is 0 Å². The van der Waals surface area contributed by atoms with Crippen LogP contribution in [0, 0.1) is 0 Å². The smallest absolute Gasteiger partial charge is 0.141 e. The van der Waals surface area contributed by atoms with Crippen molar-refractivity contribution in [2.24, 2.45) is 0 Å². The molecule has 0 aromatic carbocycles. The average molecular weight is 180 g/mol. The van der Waals surface area contributed by atoms with Gasteiger partial charge in [0.05, 0.1) is 6.20 Å². The summed E-state index contributed by atoms with van der Waals surface area (Å²) in [6, 6.07) is 0.609. The van der Waals surface area contributed by atoms with Gasteiger partial charge in [-0.1, -0.05) is 12.1 Å². The van der Waals surface area contributed by atoms with Gasteiger partial charge in [-0.3, -0.25) is 0 Å². The molecule has 1 N–H and O–H groups in total. The maximum Gasteiger partial charge on any atom is 0.141 e. The highest BCUT2D eigenvalue weighted by Crippen LogP contribution is 2.15. The first-order valence-electron chi connectivity index (χ1n) is 5.06. The van der Waals surface area contributed by atoms with Crippen LogP contribution in [0.2, 0.25) is 0 Å². The summed E-state index contributed by atoms with van der Waals surface area (Å²) in [6.45, 7) is 3.29. The molecule has 72 valence electrons. The molecular formula is C10H16N2O. The first-order chi connectivity index (χ1) is 6.40. The van der Waals surface area contributed by atoms with Crippen LogP contribution in [0.25, 0.3) is 0 Å². The molecule has 0 saturated carbocycles. The fraction of sp³-hybridized carbons (Fsp3) is 0.700. The molecule has 0 spiro atoms. The van der Waals surface area contributed by atoms with Gasteiger partial charge < -0.3 is 9.84 Å². The molecule has 0 bridgehead atoms. The van der Waals surface area contributed by atoms with Gasteiger partial charge in [-0.25, -0.2) is 0 Å². The van der Waals surface area contributed by atoms with Crippen LogP contribution >= 0.6 is 0 Å². The van der Waals surface area contributed by atoms with E-state index in [9.17, 15) is 0 Å². The molecule has 3 heteroatoms. The van der Waals surface area contributed by atoms with E-state index in [-0.39, 0.29) is 0 Å². The van der Waals surface area contributed by atoms with Crippen molar-refractivity contribution in [1.82, 2.24) is 10.5 Å². The zero-order valence-corrected chi connectivity index (χ0v) is 8.05. The number of nitrogens with one attached hydrogen (secondary N) is 1. The third-order valence-corrected chi connectivity index (χ3v) is 2.70. The van der Waals surface area contributed by atoms with Crippen LogP contribution in [-0.2, 0) is 12.8 Å². The third kappa shape index (κ3) is 1.91. The van der Waals surface area contributed by atoms with Crippen LogP contribution in [-0.4, -0.2) is 17.7 Å². The minimum Gasteiger partial charge on any atom is -0.361 e. The van der Waals surface area contributed by atoms with Crippen molar-refractivity contribution in [2.45, 2.75) is 38.6 Å². The van der Waals surface area contributed by atoms with Crippen molar-refractivity contribution >= 4 is 0 Å². The van der Waals surface area contributed by atoms with Gasteiger partial charge in [0.25, 0.3) is 0 Å². The van der Waals surface area contributed by atoms with Gasteiger partial charge in [0.15, 0.2) is 0 Å². The molecule has 0 aliphatic carbocycles. The number of nitrogens with zero attached hydrogens (tertiary/aromatic N) is 1. The molecule has 13 heavy (non-hydrogen) atoms. The lowest BCUT2D eigenvalue weighted by atomic mass is 10.1. The summed E-state index contributed by atoms with van der Waals surface area (Å²) in [4.78, 5) is 0. The summed E-state index contributed by atoms with van der Waals surface area (Å²) >= 11 is 0. The minimum absolute atomic E-state index is 0.609. The molecule has 1 aliphatic rings. The number of rotatable bonds is 3. The van der Waals surface area contributed by atoms with Crippen molar-refractivity contribution in [3.8, 4) is 0 Å². The fourth-order valence-electron chi connectivity index (χ4n) is 1.90. The lowest BCUT2D eigenvalue weighted by molar-refractivity contribution is 0.368. The second kappa shape index (κ2) is 3.92. The van der Waals surface area contributed by atoms with E-state index in [1.165, 1.54) is 18.4 Å². The Balaban J connectivity index is 1.99. The predicted octanol–water partition coefficient (Wildman–Crippen LogP) is 1.53. The van der Waals surface area contributed by atoms with Crippen LogP contribution in [0.15, 0.2) is 10.7 Å². The summed E-state index contributed by atoms with van der Waals surface area (Å²) in [5.74, 6) is 1.07. The Hall–Kier alpha value is -0.830. The quantitative estimate of drug-likeness (QED) is 0.766. The highest BCUT2D eigenvalue weighted by Gasteiger charge is 2.17. The molecule has 1 fully saturated rings. The maximum atomic E-state index is 5.23. The fourth-order valence-corrected chi connectivity index (χ4v) is 1.90. The van der Waals surface area contributed by atoms with E-state index in [0.29, 0.717) is 6.04 Å². The van der Waals surface area contributed by atoms with E-state index in [1.54, 1.807) is 0 Å². The van der Waals surface area contributed by atoms with Crippen molar-refractivity contribution in [1.29, 1.82) is 0 Å². The molecule has 2 heterocycles. The van der Waals surface area contributed by atoms with Crippen LogP contribution in [0.1, 0.15) is 31.1 Å². The molecule has 0 radical (unpaired) electrons. The van der Waals surface area contributed by atoms with Crippen LogP contribution in [0.5, 0.6) is 0 Å². The molecule has 2 rings (SSSR count). The van der Waals surface area contributed by atoms with E-state index in [1.807, 2.05) is 6.20 Å². The average Bonchev–Trinajstić information content (AvgIpc) is 2.76. The number of hydrogen-bond donors (Lipinski definition) is 1. The Morgan fingerprint density at radius 1 is 1.69 bits per heavy atom. The third-order valence-electron chi connectivity index (χ3n) is 2.70. The van der Waals surface area contributed by atoms with Crippen LogP contribution < -0.4 is 5.32 Å². The van der Waals surface area contributed by atoms with E-state index < -0.39 is 0 Å². The molecule has 0 amide bonds. The zero-order valence-electron chi connectivity index (χ0n) is 8.05. The molecule has 1 atom stereocenters. The van der Waals surface area contributed by atoms with Crippen LogP contribution in [0.4, 0.5) is 0 Å². The minimum atomic E-state index is 0.609. The second-order valence-electron chi connectivity index (χ2n) is 3.63. The Labute approximate surface area is 78.5 Å². The number of aromatic nitrogens is 1. The van der Waals surface area contributed by atoms with Crippen LogP contribution in [0.3, 0.4) is 0 Å². The Kier molecular flexibility index (Phi) is 2.64. The molecule has 3 nitrogen and oxygen atoms in total. The monoisotopic (exact) mass is 180 g/mol. The molecule has 1 aliphatic heterocycles. The predicted molar refractivity (Wildman–Crippen MR) is 50.6 cm³/mol. The topological polar surface area (TPSA) is 38.1 Å². The van der Waals surface area contributed by atoms with E-state index in [2.05, 4.69) is 17.4 Å². The Morgan fingerprint density at radius 3 is 3.31 bits per heavy atom. The summed E-state index contributed by atoms with van der Waals surface area (Å²) in [7, 11) is 0. The summed E-state index contributed by atoms with van der Waals surface area (Å²) in [5, 5.41) is 7.29. The molecule has 1 aromatic heterocycles. The molecule has 1 aromatic rings. The summed E-state index contributed by atoms with van der Waals surface area (Å²) < 4.78 is 5.23. The van der Waals surface area contributed by atoms with Gasteiger partial charge in [-0.2, -0.15) is 0 Å². The van der Waals surface area contributed by atoms with Gasteiger partial charge in [0.2, 0.25) is 0 Å². The first kappa shape index (κ1) is 8.75. The van der Waals surface area contributed by atoms with Gasteiger partial charge in [0.1, 0.15) is 5.76 Å². The van der Waals surface area contributed by atoms with Crippen molar-refractivity contribution in [3.05, 3.63) is 17.5 Å². The molecule has 1 unspecified atom stereocenters. The van der Waals surface area contributed by atoms with Gasteiger partial charge in [0, 0.05) is 18.0 Å². The van der Waals surface area contributed by atoms with E-state index in [0.717, 1.165) is 25.1 Å². The van der Waals surface area contributed by atoms with Gasteiger partial charge in [-0.15, -0.1) is 0 Å². The maximum absolute atomic E-state index is 5.23. The standard InChI is InChI=1S/C10H16N2O/c1-2-8-7-12-13-10(8)6-9-4-3-5-11-9/h7,9,11H,2-6H2,1H3. The SMILES string of the molecule is CCc1cnoc1CC1CCCN1.